The van der Waals surface area contributed by atoms with Gasteiger partial charge < -0.3 is 14.8 Å². The second-order valence-electron chi connectivity index (χ2n) is 4.79. The highest BCUT2D eigenvalue weighted by Crippen LogP contribution is 2.18. The SMILES string of the molecule is COc1ccc(O[C@@H](C)C(=O)Nc2ccc(C)cc2)cc1. The number of anilines is 1. The Balaban J connectivity index is 1.93. The number of carbonyl (C=O) groups is 1. The summed E-state index contributed by atoms with van der Waals surface area (Å²) in [5.41, 5.74) is 1.91. The average Bonchev–Trinajstić information content (AvgIpc) is 2.50. The van der Waals surface area contributed by atoms with Crippen LogP contribution in [0.3, 0.4) is 0 Å². The van der Waals surface area contributed by atoms with Gasteiger partial charge in [-0.15, -0.1) is 0 Å². The van der Waals surface area contributed by atoms with Crippen LogP contribution in [-0.2, 0) is 4.79 Å². The first-order valence-electron chi connectivity index (χ1n) is 6.77. The van der Waals surface area contributed by atoms with Crippen LogP contribution in [0.25, 0.3) is 0 Å². The van der Waals surface area contributed by atoms with E-state index in [0.717, 1.165) is 17.0 Å². The van der Waals surface area contributed by atoms with E-state index in [1.807, 2.05) is 31.2 Å². The van der Waals surface area contributed by atoms with Crippen molar-refractivity contribution in [3.05, 3.63) is 54.1 Å². The van der Waals surface area contributed by atoms with E-state index in [0.29, 0.717) is 5.75 Å². The van der Waals surface area contributed by atoms with Crippen molar-refractivity contribution in [1.82, 2.24) is 0 Å². The molecule has 0 saturated carbocycles. The number of hydrogen-bond donors (Lipinski definition) is 1. The maximum Gasteiger partial charge on any atom is 0.265 e. The van der Waals surface area contributed by atoms with Crippen molar-refractivity contribution in [3.63, 3.8) is 0 Å². The largest absolute Gasteiger partial charge is 0.497 e. The molecule has 0 heterocycles. The van der Waals surface area contributed by atoms with E-state index < -0.39 is 6.10 Å². The number of nitrogens with one attached hydrogen (secondary N) is 1. The molecule has 2 aromatic carbocycles. The number of hydrogen-bond acceptors (Lipinski definition) is 3. The van der Waals surface area contributed by atoms with E-state index in [-0.39, 0.29) is 5.91 Å². The quantitative estimate of drug-likeness (QED) is 0.915. The average molecular weight is 285 g/mol. The fourth-order valence-corrected chi connectivity index (χ4v) is 1.79. The summed E-state index contributed by atoms with van der Waals surface area (Å²) in [7, 11) is 1.60. The van der Waals surface area contributed by atoms with Gasteiger partial charge in [-0.25, -0.2) is 0 Å². The predicted octanol–water partition coefficient (Wildman–Crippen LogP) is 3.41. The van der Waals surface area contributed by atoms with Crippen LogP contribution in [0.1, 0.15) is 12.5 Å². The summed E-state index contributed by atoms with van der Waals surface area (Å²) in [6.45, 7) is 3.72. The van der Waals surface area contributed by atoms with E-state index in [1.165, 1.54) is 0 Å². The molecule has 0 aliphatic rings. The first-order valence-corrected chi connectivity index (χ1v) is 6.77. The number of ether oxygens (including phenoxy) is 2. The van der Waals surface area contributed by atoms with E-state index in [4.69, 9.17) is 9.47 Å². The van der Waals surface area contributed by atoms with Crippen LogP contribution in [0.2, 0.25) is 0 Å². The lowest BCUT2D eigenvalue weighted by Gasteiger charge is -2.15. The van der Waals surface area contributed by atoms with Crippen LogP contribution >= 0.6 is 0 Å². The molecule has 0 saturated heterocycles. The lowest BCUT2D eigenvalue weighted by atomic mass is 10.2. The molecule has 4 heteroatoms. The van der Waals surface area contributed by atoms with Crippen LogP contribution in [0.5, 0.6) is 11.5 Å². The maximum atomic E-state index is 12.1. The fraction of sp³-hybridized carbons (Fsp3) is 0.235. The Morgan fingerprint density at radius 2 is 1.57 bits per heavy atom. The van der Waals surface area contributed by atoms with Gasteiger partial charge in [-0.3, -0.25) is 4.79 Å². The molecule has 2 aromatic rings. The first-order chi connectivity index (χ1) is 10.1. The van der Waals surface area contributed by atoms with Gasteiger partial charge in [0, 0.05) is 5.69 Å². The molecule has 0 bridgehead atoms. The van der Waals surface area contributed by atoms with Gasteiger partial charge in [0.15, 0.2) is 6.10 Å². The number of rotatable bonds is 5. The van der Waals surface area contributed by atoms with Gasteiger partial charge in [0.05, 0.1) is 7.11 Å². The summed E-state index contributed by atoms with van der Waals surface area (Å²) < 4.78 is 10.7. The minimum atomic E-state index is -0.584. The predicted molar refractivity (Wildman–Crippen MR) is 82.9 cm³/mol. The summed E-state index contributed by atoms with van der Waals surface area (Å²) >= 11 is 0. The molecule has 0 radical (unpaired) electrons. The standard InChI is InChI=1S/C17H19NO3/c1-12-4-6-14(7-5-12)18-17(19)13(2)21-16-10-8-15(20-3)9-11-16/h4-11,13H,1-3H3,(H,18,19)/t13-/m0/s1. The zero-order valence-electron chi connectivity index (χ0n) is 12.4. The van der Waals surface area contributed by atoms with E-state index in [2.05, 4.69) is 5.32 Å². The maximum absolute atomic E-state index is 12.1. The lowest BCUT2D eigenvalue weighted by Crippen LogP contribution is -2.30. The highest BCUT2D eigenvalue weighted by molar-refractivity contribution is 5.94. The molecule has 2 rings (SSSR count). The molecule has 4 nitrogen and oxygen atoms in total. The molecule has 0 spiro atoms. The molecule has 0 aromatic heterocycles. The minimum absolute atomic E-state index is 0.185. The van der Waals surface area contributed by atoms with Crippen LogP contribution in [0.4, 0.5) is 5.69 Å². The number of methoxy groups -OCH3 is 1. The summed E-state index contributed by atoms with van der Waals surface area (Å²) in [5, 5.41) is 2.82. The van der Waals surface area contributed by atoms with Crippen LogP contribution in [-0.4, -0.2) is 19.1 Å². The van der Waals surface area contributed by atoms with E-state index >= 15 is 0 Å². The van der Waals surface area contributed by atoms with Crippen molar-refractivity contribution in [2.45, 2.75) is 20.0 Å². The van der Waals surface area contributed by atoms with Crippen molar-refractivity contribution in [1.29, 1.82) is 0 Å². The molecule has 1 atom stereocenters. The topological polar surface area (TPSA) is 47.6 Å². The second-order valence-corrected chi connectivity index (χ2v) is 4.79. The van der Waals surface area contributed by atoms with Gasteiger partial charge in [-0.05, 0) is 50.2 Å². The molecule has 1 N–H and O–H groups in total. The highest BCUT2D eigenvalue weighted by atomic mass is 16.5. The van der Waals surface area contributed by atoms with E-state index in [1.54, 1.807) is 38.3 Å². The fourth-order valence-electron chi connectivity index (χ4n) is 1.79. The minimum Gasteiger partial charge on any atom is -0.497 e. The Labute approximate surface area is 124 Å². The van der Waals surface area contributed by atoms with Crippen molar-refractivity contribution in [2.24, 2.45) is 0 Å². The van der Waals surface area contributed by atoms with Crippen molar-refractivity contribution in [2.75, 3.05) is 12.4 Å². The number of benzene rings is 2. The third-order valence-electron chi connectivity index (χ3n) is 3.06. The Morgan fingerprint density at radius 1 is 1.00 bits per heavy atom. The third kappa shape index (κ3) is 4.24. The van der Waals surface area contributed by atoms with Gasteiger partial charge >= 0.3 is 0 Å². The number of amides is 1. The van der Waals surface area contributed by atoms with Crippen LogP contribution < -0.4 is 14.8 Å². The smallest absolute Gasteiger partial charge is 0.265 e. The molecule has 0 fully saturated rings. The first kappa shape index (κ1) is 14.9. The molecule has 1 amide bonds. The summed E-state index contributed by atoms with van der Waals surface area (Å²) in [4.78, 5) is 12.1. The van der Waals surface area contributed by atoms with Gasteiger partial charge in [-0.1, -0.05) is 17.7 Å². The zero-order valence-corrected chi connectivity index (χ0v) is 12.4. The van der Waals surface area contributed by atoms with Gasteiger partial charge in [0.2, 0.25) is 0 Å². The van der Waals surface area contributed by atoms with Gasteiger partial charge in [-0.2, -0.15) is 0 Å². The lowest BCUT2D eigenvalue weighted by molar-refractivity contribution is -0.122. The third-order valence-corrected chi connectivity index (χ3v) is 3.06. The van der Waals surface area contributed by atoms with Crippen molar-refractivity contribution >= 4 is 11.6 Å². The Bertz CT molecular complexity index is 590. The summed E-state index contributed by atoms with van der Waals surface area (Å²) in [5.74, 6) is 1.19. The second kappa shape index (κ2) is 6.79. The molecular weight excluding hydrogens is 266 g/mol. The summed E-state index contributed by atoms with van der Waals surface area (Å²) in [6.07, 6.45) is -0.584. The van der Waals surface area contributed by atoms with Crippen molar-refractivity contribution < 1.29 is 14.3 Å². The van der Waals surface area contributed by atoms with Crippen LogP contribution in [0.15, 0.2) is 48.5 Å². The normalized spacial score (nSPS) is 11.6. The molecule has 0 aliphatic heterocycles. The molecular formula is C17H19NO3. The number of carbonyl (C=O) groups excluding carboxylic acids is 1. The van der Waals surface area contributed by atoms with Gasteiger partial charge in [0.25, 0.3) is 5.91 Å². The Hall–Kier alpha value is -2.49. The zero-order chi connectivity index (χ0) is 15.2. The Morgan fingerprint density at radius 3 is 2.14 bits per heavy atom. The molecule has 0 aliphatic carbocycles. The Kier molecular flexibility index (Phi) is 4.82. The van der Waals surface area contributed by atoms with E-state index in [9.17, 15) is 4.79 Å². The van der Waals surface area contributed by atoms with Crippen molar-refractivity contribution in [3.8, 4) is 11.5 Å². The monoisotopic (exact) mass is 285 g/mol. The molecule has 21 heavy (non-hydrogen) atoms. The molecule has 0 unspecified atom stereocenters. The summed E-state index contributed by atoms with van der Waals surface area (Å²) in [6, 6.07) is 14.8. The van der Waals surface area contributed by atoms with Crippen LogP contribution in [0, 0.1) is 6.92 Å². The number of aryl methyl sites for hydroxylation is 1. The van der Waals surface area contributed by atoms with Gasteiger partial charge in [0.1, 0.15) is 11.5 Å². The highest BCUT2D eigenvalue weighted by Gasteiger charge is 2.14. The molecule has 110 valence electrons.